The Morgan fingerprint density at radius 1 is 0.857 bits per heavy atom. The molecule has 0 aliphatic rings. The molecule has 0 saturated carbocycles. The van der Waals surface area contributed by atoms with Crippen molar-refractivity contribution in [2.24, 2.45) is 0 Å². The average Bonchev–Trinajstić information content (AvgIpc) is 3.59. The number of nitrogens with zero attached hydrogens (tertiary/aromatic N) is 7. The first-order valence-electron chi connectivity index (χ1n) is 10.9. The SMILES string of the molecule is Cc1cnn(CCN(Cc2nc(-c3cccc(Cl)c3)no2)Cc2nc(-c3cccc(Cl)c3)no2)c1. The number of benzene rings is 2. The van der Waals surface area contributed by atoms with Crippen molar-refractivity contribution in [1.82, 2.24) is 35.0 Å². The van der Waals surface area contributed by atoms with E-state index in [1.165, 1.54) is 0 Å². The molecule has 0 saturated heterocycles. The van der Waals surface area contributed by atoms with Gasteiger partial charge in [-0.05, 0) is 36.8 Å². The van der Waals surface area contributed by atoms with E-state index in [2.05, 4.69) is 30.3 Å². The Labute approximate surface area is 211 Å². The molecule has 3 heterocycles. The van der Waals surface area contributed by atoms with Crippen molar-refractivity contribution in [3.63, 3.8) is 0 Å². The summed E-state index contributed by atoms with van der Waals surface area (Å²) in [6.45, 7) is 4.10. The fourth-order valence-corrected chi connectivity index (χ4v) is 3.94. The molecule has 0 atom stereocenters. The molecule has 0 radical (unpaired) electrons. The van der Waals surface area contributed by atoms with E-state index < -0.39 is 0 Å². The minimum absolute atomic E-state index is 0.392. The lowest BCUT2D eigenvalue weighted by Gasteiger charge is -2.18. The molecule has 3 aromatic heterocycles. The van der Waals surface area contributed by atoms with Crippen LogP contribution in [0.25, 0.3) is 22.8 Å². The molecular formula is C24H21Cl2N7O2. The quantitative estimate of drug-likeness (QED) is 0.264. The predicted octanol–water partition coefficient (Wildman–Crippen LogP) is 5.30. The van der Waals surface area contributed by atoms with E-state index in [0.29, 0.717) is 59.7 Å². The fourth-order valence-electron chi connectivity index (χ4n) is 3.56. The largest absolute Gasteiger partial charge is 0.338 e. The summed E-state index contributed by atoms with van der Waals surface area (Å²) >= 11 is 12.2. The van der Waals surface area contributed by atoms with Crippen molar-refractivity contribution in [3.05, 3.63) is 88.3 Å². The van der Waals surface area contributed by atoms with Crippen molar-refractivity contribution in [3.8, 4) is 22.8 Å². The highest BCUT2D eigenvalue weighted by Crippen LogP contribution is 2.22. The standard InChI is InChI=1S/C24H21Cl2N7O2/c1-16-12-27-33(13-16)9-8-32(14-21-28-23(30-34-21)17-4-2-6-19(25)10-17)15-22-29-24(31-35-22)18-5-3-7-20(26)11-18/h2-7,10-13H,8-9,14-15H2,1H3. The van der Waals surface area contributed by atoms with E-state index in [1.54, 1.807) is 24.3 Å². The van der Waals surface area contributed by atoms with Crippen LogP contribution in [0, 0.1) is 6.92 Å². The van der Waals surface area contributed by atoms with Crippen molar-refractivity contribution >= 4 is 23.2 Å². The van der Waals surface area contributed by atoms with Gasteiger partial charge < -0.3 is 9.05 Å². The summed E-state index contributed by atoms with van der Waals surface area (Å²) in [5.74, 6) is 1.88. The molecule has 5 aromatic rings. The zero-order valence-corrected chi connectivity index (χ0v) is 20.3. The second-order valence-corrected chi connectivity index (χ2v) is 8.91. The third-order valence-electron chi connectivity index (χ3n) is 5.23. The lowest BCUT2D eigenvalue weighted by Crippen LogP contribution is -2.27. The summed E-state index contributed by atoms with van der Waals surface area (Å²) in [6, 6.07) is 14.6. The van der Waals surface area contributed by atoms with Crippen LogP contribution in [0.1, 0.15) is 17.3 Å². The molecule has 9 nitrogen and oxygen atoms in total. The first-order chi connectivity index (χ1) is 17.0. The van der Waals surface area contributed by atoms with Crippen molar-refractivity contribution in [1.29, 1.82) is 0 Å². The van der Waals surface area contributed by atoms with E-state index >= 15 is 0 Å². The molecule has 0 aliphatic heterocycles. The number of aromatic nitrogens is 6. The average molecular weight is 510 g/mol. The zero-order valence-electron chi connectivity index (χ0n) is 18.8. The maximum atomic E-state index is 6.10. The maximum Gasteiger partial charge on any atom is 0.241 e. The van der Waals surface area contributed by atoms with E-state index in [0.717, 1.165) is 16.7 Å². The summed E-state index contributed by atoms with van der Waals surface area (Å²) in [4.78, 5) is 11.2. The number of aryl methyl sites for hydroxylation is 1. The van der Waals surface area contributed by atoms with Gasteiger partial charge in [0.05, 0.1) is 25.8 Å². The summed E-state index contributed by atoms with van der Waals surface area (Å²) in [7, 11) is 0. The first kappa shape index (κ1) is 23.2. The Kier molecular flexibility index (Phi) is 6.89. The summed E-state index contributed by atoms with van der Waals surface area (Å²) in [5, 5.41) is 13.8. The van der Waals surface area contributed by atoms with E-state index in [9.17, 15) is 0 Å². The van der Waals surface area contributed by atoms with E-state index in [1.807, 2.05) is 48.3 Å². The second-order valence-electron chi connectivity index (χ2n) is 8.04. The van der Waals surface area contributed by atoms with E-state index in [4.69, 9.17) is 32.2 Å². The monoisotopic (exact) mass is 509 g/mol. The molecular weight excluding hydrogens is 489 g/mol. The second kappa shape index (κ2) is 10.4. The zero-order chi connectivity index (χ0) is 24.2. The van der Waals surface area contributed by atoms with Gasteiger partial charge in [0.25, 0.3) is 0 Å². The molecule has 0 bridgehead atoms. The van der Waals surface area contributed by atoms with Crippen LogP contribution in [0.5, 0.6) is 0 Å². The number of hydrogen-bond donors (Lipinski definition) is 0. The molecule has 11 heteroatoms. The molecule has 2 aromatic carbocycles. The Morgan fingerprint density at radius 3 is 1.91 bits per heavy atom. The van der Waals surface area contributed by atoms with Crippen LogP contribution in [0.2, 0.25) is 10.0 Å². The van der Waals surface area contributed by atoms with Crippen molar-refractivity contribution in [2.75, 3.05) is 6.54 Å². The van der Waals surface area contributed by atoms with Crippen molar-refractivity contribution < 1.29 is 9.05 Å². The Hall–Kier alpha value is -3.53. The molecule has 0 spiro atoms. The van der Waals surface area contributed by atoms with Crippen LogP contribution in [0.15, 0.2) is 70.0 Å². The third-order valence-corrected chi connectivity index (χ3v) is 5.70. The van der Waals surface area contributed by atoms with Crippen molar-refractivity contribution in [2.45, 2.75) is 26.6 Å². The van der Waals surface area contributed by atoms with Gasteiger partial charge in [0.15, 0.2) is 0 Å². The maximum absolute atomic E-state index is 6.10. The summed E-state index contributed by atoms with van der Waals surface area (Å²) in [6.07, 6.45) is 3.82. The first-order valence-corrected chi connectivity index (χ1v) is 11.7. The highest BCUT2D eigenvalue weighted by molar-refractivity contribution is 6.31. The summed E-state index contributed by atoms with van der Waals surface area (Å²) < 4.78 is 12.9. The lowest BCUT2D eigenvalue weighted by atomic mass is 10.2. The third kappa shape index (κ3) is 5.94. The van der Waals surface area contributed by atoms with Gasteiger partial charge in [-0.2, -0.15) is 15.1 Å². The van der Waals surface area contributed by atoms with Crippen LogP contribution in [-0.4, -0.2) is 41.5 Å². The van der Waals surface area contributed by atoms with Crippen LogP contribution in [-0.2, 0) is 19.6 Å². The van der Waals surface area contributed by atoms with Crippen LogP contribution >= 0.6 is 23.2 Å². The molecule has 5 rings (SSSR count). The number of hydrogen-bond acceptors (Lipinski definition) is 8. The van der Waals surface area contributed by atoms with Gasteiger partial charge in [0.1, 0.15) is 0 Å². The normalized spacial score (nSPS) is 11.4. The molecule has 0 fully saturated rings. The Bertz CT molecular complexity index is 1340. The smallest absolute Gasteiger partial charge is 0.241 e. The van der Waals surface area contributed by atoms with Gasteiger partial charge in [0, 0.05) is 33.9 Å². The minimum Gasteiger partial charge on any atom is -0.338 e. The highest BCUT2D eigenvalue weighted by Gasteiger charge is 2.18. The predicted molar refractivity (Wildman–Crippen MR) is 131 cm³/mol. The van der Waals surface area contributed by atoms with Gasteiger partial charge in [0.2, 0.25) is 23.4 Å². The van der Waals surface area contributed by atoms with Crippen LogP contribution in [0.4, 0.5) is 0 Å². The molecule has 0 aliphatic carbocycles. The van der Waals surface area contributed by atoms with Crippen LogP contribution < -0.4 is 0 Å². The minimum atomic E-state index is 0.392. The fraction of sp³-hybridized carbons (Fsp3) is 0.208. The Morgan fingerprint density at radius 2 is 1.43 bits per heavy atom. The topological polar surface area (TPSA) is 98.9 Å². The molecule has 0 N–H and O–H groups in total. The lowest BCUT2D eigenvalue weighted by molar-refractivity contribution is 0.185. The molecule has 0 unspecified atom stereocenters. The Balaban J connectivity index is 1.33. The van der Waals surface area contributed by atoms with Gasteiger partial charge >= 0.3 is 0 Å². The number of rotatable bonds is 9. The van der Waals surface area contributed by atoms with Gasteiger partial charge in [-0.3, -0.25) is 9.58 Å². The number of halogens is 2. The molecule has 0 amide bonds. The molecule has 178 valence electrons. The van der Waals surface area contributed by atoms with E-state index in [-0.39, 0.29) is 0 Å². The van der Waals surface area contributed by atoms with Gasteiger partial charge in [-0.25, -0.2) is 0 Å². The van der Waals surface area contributed by atoms with Crippen LogP contribution in [0.3, 0.4) is 0 Å². The highest BCUT2D eigenvalue weighted by atomic mass is 35.5. The molecule has 35 heavy (non-hydrogen) atoms. The van der Waals surface area contributed by atoms with Gasteiger partial charge in [-0.15, -0.1) is 0 Å². The van der Waals surface area contributed by atoms with Gasteiger partial charge in [-0.1, -0.05) is 57.8 Å². The summed E-state index contributed by atoms with van der Waals surface area (Å²) in [5.41, 5.74) is 2.67.